The van der Waals surface area contributed by atoms with Crippen LogP contribution in [-0.4, -0.2) is 12.6 Å². The van der Waals surface area contributed by atoms with Crippen LogP contribution in [0.2, 0.25) is 5.02 Å². The first-order valence-corrected chi connectivity index (χ1v) is 13.3. The van der Waals surface area contributed by atoms with E-state index in [0.717, 1.165) is 12.2 Å². The number of unbranched alkanes of at least 4 members (excludes halogenated alkanes) is 13. The highest BCUT2D eigenvalue weighted by Gasteiger charge is 2.08. The van der Waals surface area contributed by atoms with Gasteiger partial charge in [0, 0.05) is 5.02 Å². The highest BCUT2D eigenvalue weighted by Crippen LogP contribution is 2.19. The minimum absolute atomic E-state index is 0.393. The quantitative estimate of drug-likeness (QED) is 0.123. The number of rotatable bonds is 18. The van der Waals surface area contributed by atoms with Crippen molar-refractivity contribution in [3.63, 3.8) is 0 Å². The van der Waals surface area contributed by atoms with Gasteiger partial charge in [-0.25, -0.2) is 4.79 Å². The van der Waals surface area contributed by atoms with Gasteiger partial charge in [-0.2, -0.15) is 0 Å². The first kappa shape index (κ1) is 27.2. The Morgan fingerprint density at radius 1 is 0.636 bits per heavy atom. The molecule has 0 bridgehead atoms. The molecule has 2 rings (SSSR count). The first-order chi connectivity index (χ1) is 16.2. The lowest BCUT2D eigenvalue weighted by Gasteiger charge is -2.08. The van der Waals surface area contributed by atoms with Gasteiger partial charge in [0.15, 0.2) is 0 Å². The Morgan fingerprint density at radius 3 is 1.61 bits per heavy atom. The van der Waals surface area contributed by atoms with Crippen molar-refractivity contribution in [3.05, 3.63) is 59.1 Å². The summed E-state index contributed by atoms with van der Waals surface area (Å²) in [6.07, 6.45) is 18.9. The fraction of sp³-hybridized carbons (Fsp3) is 0.552. The standard InChI is InChI=1S/C29H41ClO3/c1-2-3-4-5-6-7-8-9-10-11-12-13-14-15-24-32-27-20-16-25(17-21-27)29(31)33-28-22-18-26(30)19-23-28/h16-23H,2-15,24H2,1H3. The van der Waals surface area contributed by atoms with Gasteiger partial charge in [0.25, 0.3) is 0 Å². The van der Waals surface area contributed by atoms with E-state index < -0.39 is 5.97 Å². The molecule has 2 aromatic carbocycles. The van der Waals surface area contributed by atoms with E-state index in [0.29, 0.717) is 22.9 Å². The molecule has 0 spiro atoms. The van der Waals surface area contributed by atoms with Gasteiger partial charge in [0.2, 0.25) is 0 Å². The highest BCUT2D eigenvalue weighted by atomic mass is 35.5. The van der Waals surface area contributed by atoms with Crippen LogP contribution in [0.5, 0.6) is 11.5 Å². The molecule has 0 aromatic heterocycles. The molecule has 3 nitrogen and oxygen atoms in total. The Bertz CT molecular complexity index is 755. The van der Waals surface area contributed by atoms with E-state index in [4.69, 9.17) is 21.1 Å². The van der Waals surface area contributed by atoms with Crippen LogP contribution >= 0.6 is 11.6 Å². The van der Waals surface area contributed by atoms with Crippen molar-refractivity contribution in [1.82, 2.24) is 0 Å². The number of ether oxygens (including phenoxy) is 2. The van der Waals surface area contributed by atoms with E-state index in [9.17, 15) is 4.79 Å². The topological polar surface area (TPSA) is 35.5 Å². The van der Waals surface area contributed by atoms with Crippen molar-refractivity contribution >= 4 is 17.6 Å². The molecule has 0 amide bonds. The summed E-state index contributed by atoms with van der Waals surface area (Å²) in [6, 6.07) is 13.8. The average molecular weight is 473 g/mol. The Labute approximate surface area is 205 Å². The predicted molar refractivity (Wildman–Crippen MR) is 139 cm³/mol. The normalized spacial score (nSPS) is 10.8. The maximum atomic E-state index is 12.2. The monoisotopic (exact) mass is 472 g/mol. The second-order valence-electron chi connectivity index (χ2n) is 8.81. The zero-order valence-electron chi connectivity index (χ0n) is 20.3. The summed E-state index contributed by atoms with van der Waals surface area (Å²) in [7, 11) is 0. The largest absolute Gasteiger partial charge is 0.494 e. The summed E-state index contributed by atoms with van der Waals surface area (Å²) in [5, 5.41) is 0.607. The van der Waals surface area contributed by atoms with Crippen LogP contribution in [0.3, 0.4) is 0 Å². The van der Waals surface area contributed by atoms with Crippen LogP contribution in [0.15, 0.2) is 48.5 Å². The molecule has 182 valence electrons. The Hall–Kier alpha value is -2.00. The van der Waals surface area contributed by atoms with Crippen molar-refractivity contribution in [2.45, 2.75) is 96.8 Å². The van der Waals surface area contributed by atoms with Gasteiger partial charge >= 0.3 is 5.97 Å². The number of hydrogen-bond donors (Lipinski definition) is 0. The van der Waals surface area contributed by atoms with Crippen molar-refractivity contribution in [3.8, 4) is 11.5 Å². The smallest absolute Gasteiger partial charge is 0.343 e. The third kappa shape index (κ3) is 12.7. The number of esters is 1. The third-order valence-electron chi connectivity index (χ3n) is 5.88. The Morgan fingerprint density at radius 2 is 1.09 bits per heavy atom. The SMILES string of the molecule is CCCCCCCCCCCCCCCCOc1ccc(C(=O)Oc2ccc(Cl)cc2)cc1. The summed E-state index contributed by atoms with van der Waals surface area (Å²) < 4.78 is 11.2. The molecule has 0 heterocycles. The summed E-state index contributed by atoms with van der Waals surface area (Å²) in [5.74, 6) is 0.867. The van der Waals surface area contributed by atoms with Gasteiger partial charge in [-0.05, 0) is 55.0 Å². The number of benzene rings is 2. The van der Waals surface area contributed by atoms with Gasteiger partial charge in [0.1, 0.15) is 11.5 Å². The second-order valence-corrected chi connectivity index (χ2v) is 9.25. The van der Waals surface area contributed by atoms with E-state index in [1.807, 2.05) is 12.1 Å². The minimum Gasteiger partial charge on any atom is -0.494 e. The van der Waals surface area contributed by atoms with Crippen LogP contribution in [0.4, 0.5) is 0 Å². The molecule has 0 aliphatic carbocycles. The van der Waals surface area contributed by atoms with Crippen molar-refractivity contribution in [2.24, 2.45) is 0 Å². The lowest BCUT2D eigenvalue weighted by molar-refractivity contribution is 0.0734. The van der Waals surface area contributed by atoms with Crippen LogP contribution in [0, 0.1) is 0 Å². The fourth-order valence-electron chi connectivity index (χ4n) is 3.84. The molecule has 0 radical (unpaired) electrons. The Balaban J connectivity index is 1.45. The van der Waals surface area contributed by atoms with Crippen LogP contribution in [0.25, 0.3) is 0 Å². The molecule has 2 aromatic rings. The molecule has 0 saturated carbocycles. The molecule has 0 unspecified atom stereocenters. The summed E-state index contributed by atoms with van der Waals surface area (Å²) >= 11 is 5.85. The number of carbonyl (C=O) groups excluding carboxylic acids is 1. The summed E-state index contributed by atoms with van der Waals surface area (Å²) in [4.78, 5) is 12.2. The predicted octanol–water partition coefficient (Wildman–Crippen LogP) is 9.42. The zero-order valence-corrected chi connectivity index (χ0v) is 21.1. The van der Waals surface area contributed by atoms with Crippen LogP contribution in [0.1, 0.15) is 107 Å². The van der Waals surface area contributed by atoms with E-state index in [1.165, 1.54) is 83.5 Å². The number of hydrogen-bond acceptors (Lipinski definition) is 3. The van der Waals surface area contributed by atoms with Crippen LogP contribution in [-0.2, 0) is 0 Å². The molecular formula is C29H41ClO3. The highest BCUT2D eigenvalue weighted by molar-refractivity contribution is 6.30. The average Bonchev–Trinajstić information content (AvgIpc) is 2.83. The molecule has 0 atom stereocenters. The zero-order chi connectivity index (χ0) is 23.6. The Kier molecular flexibility index (Phi) is 14.4. The molecule has 0 aliphatic heterocycles. The third-order valence-corrected chi connectivity index (χ3v) is 6.13. The van der Waals surface area contributed by atoms with E-state index in [1.54, 1.807) is 36.4 Å². The molecule has 33 heavy (non-hydrogen) atoms. The van der Waals surface area contributed by atoms with Crippen molar-refractivity contribution in [1.29, 1.82) is 0 Å². The second kappa shape index (κ2) is 17.5. The molecular weight excluding hydrogens is 432 g/mol. The van der Waals surface area contributed by atoms with E-state index in [2.05, 4.69) is 6.92 Å². The summed E-state index contributed by atoms with van der Waals surface area (Å²) in [6.45, 7) is 2.99. The van der Waals surface area contributed by atoms with Gasteiger partial charge < -0.3 is 9.47 Å². The minimum atomic E-state index is -0.393. The maximum absolute atomic E-state index is 12.2. The number of carbonyl (C=O) groups is 1. The van der Waals surface area contributed by atoms with Crippen molar-refractivity contribution < 1.29 is 14.3 Å². The summed E-state index contributed by atoms with van der Waals surface area (Å²) in [5.41, 5.74) is 0.494. The molecule has 0 N–H and O–H groups in total. The number of halogens is 1. The van der Waals surface area contributed by atoms with Gasteiger partial charge in [-0.15, -0.1) is 0 Å². The first-order valence-electron chi connectivity index (χ1n) is 12.9. The van der Waals surface area contributed by atoms with Crippen molar-refractivity contribution in [2.75, 3.05) is 6.61 Å². The van der Waals surface area contributed by atoms with Crippen LogP contribution < -0.4 is 9.47 Å². The van der Waals surface area contributed by atoms with Gasteiger partial charge in [-0.3, -0.25) is 0 Å². The molecule has 0 fully saturated rings. The van der Waals surface area contributed by atoms with E-state index >= 15 is 0 Å². The maximum Gasteiger partial charge on any atom is 0.343 e. The lowest BCUT2D eigenvalue weighted by Crippen LogP contribution is -2.08. The molecule has 4 heteroatoms. The molecule has 0 aliphatic rings. The molecule has 0 saturated heterocycles. The fourth-order valence-corrected chi connectivity index (χ4v) is 3.97. The lowest BCUT2D eigenvalue weighted by atomic mass is 10.0. The van der Waals surface area contributed by atoms with Gasteiger partial charge in [0.05, 0.1) is 12.2 Å². The van der Waals surface area contributed by atoms with E-state index in [-0.39, 0.29) is 0 Å². The van der Waals surface area contributed by atoms with Gasteiger partial charge in [-0.1, -0.05) is 102 Å².